The summed E-state index contributed by atoms with van der Waals surface area (Å²) in [5.74, 6) is 0. The number of hydrogen-bond donors (Lipinski definition) is 2. The molecule has 0 spiro atoms. The van der Waals surface area contributed by atoms with E-state index in [1.54, 1.807) is 0 Å². The van der Waals surface area contributed by atoms with Crippen molar-refractivity contribution in [1.82, 2.24) is 0 Å². The first-order valence-corrected chi connectivity index (χ1v) is 2.60. The summed E-state index contributed by atoms with van der Waals surface area (Å²) in [6.07, 6.45) is 0.625. The van der Waals surface area contributed by atoms with Crippen LogP contribution in [0.2, 0.25) is 0 Å². The van der Waals surface area contributed by atoms with Gasteiger partial charge >= 0.3 is 0 Å². The fourth-order valence-electron chi connectivity index (χ4n) is 0. The van der Waals surface area contributed by atoms with Gasteiger partial charge in [0, 0.05) is 19.5 Å². The summed E-state index contributed by atoms with van der Waals surface area (Å²) in [5, 5.41) is 7.62. The van der Waals surface area contributed by atoms with E-state index in [0.717, 1.165) is 0 Å². The normalized spacial score (nSPS) is 6.25. The summed E-state index contributed by atoms with van der Waals surface area (Å²) in [6, 6.07) is 1.93. The lowest BCUT2D eigenvalue weighted by Crippen LogP contribution is -2.11. The lowest BCUT2D eigenvalue weighted by molar-refractivity contribution is 0.976. The molecule has 0 aliphatic carbocycles. The van der Waals surface area contributed by atoms with Crippen LogP contribution in [0, 0.1) is 11.3 Å². The summed E-state index contributed by atoms with van der Waals surface area (Å²) >= 11 is 0. The summed E-state index contributed by atoms with van der Waals surface area (Å²) in [7, 11) is 0. The Balaban J connectivity index is 0. The number of nitriles is 1. The topological polar surface area (TPSA) is 75.8 Å². The summed E-state index contributed by atoms with van der Waals surface area (Å²) < 4.78 is 0. The van der Waals surface area contributed by atoms with Crippen molar-refractivity contribution in [2.75, 3.05) is 13.1 Å². The molecule has 3 nitrogen and oxygen atoms in total. The van der Waals surface area contributed by atoms with Gasteiger partial charge in [-0.05, 0) is 0 Å². The molecule has 0 saturated carbocycles. The van der Waals surface area contributed by atoms with Crippen LogP contribution in [0.4, 0.5) is 0 Å². The zero-order valence-electron chi connectivity index (χ0n) is 5.22. The van der Waals surface area contributed by atoms with Gasteiger partial charge in [-0.1, -0.05) is 6.92 Å². The highest BCUT2D eigenvalue weighted by Gasteiger charge is 1.54. The van der Waals surface area contributed by atoms with Crippen LogP contribution < -0.4 is 11.5 Å². The smallest absolute Gasteiger partial charge is 0.0618 e. The highest BCUT2D eigenvalue weighted by Crippen LogP contribution is 1.58. The van der Waals surface area contributed by atoms with Gasteiger partial charge in [0.15, 0.2) is 0 Å². The van der Waals surface area contributed by atoms with Gasteiger partial charge < -0.3 is 11.5 Å². The molecular weight excluding hydrogens is 102 g/mol. The Labute approximate surface area is 50.3 Å². The van der Waals surface area contributed by atoms with Crippen LogP contribution in [0.1, 0.15) is 13.3 Å². The van der Waals surface area contributed by atoms with Gasteiger partial charge in [0.1, 0.15) is 0 Å². The van der Waals surface area contributed by atoms with Crippen molar-refractivity contribution in [1.29, 1.82) is 5.26 Å². The Morgan fingerprint density at radius 2 is 1.62 bits per heavy atom. The monoisotopic (exact) mass is 115 g/mol. The Kier molecular flexibility index (Phi) is 21.0. The van der Waals surface area contributed by atoms with Gasteiger partial charge in [0.25, 0.3) is 0 Å². The van der Waals surface area contributed by atoms with E-state index in [0.29, 0.717) is 19.5 Å². The van der Waals surface area contributed by atoms with Crippen LogP contribution in [-0.4, -0.2) is 13.1 Å². The predicted molar refractivity (Wildman–Crippen MR) is 34.0 cm³/mol. The zero-order valence-corrected chi connectivity index (χ0v) is 5.22. The molecule has 0 bridgehead atoms. The predicted octanol–water partition coefficient (Wildman–Crippen LogP) is -0.176. The molecule has 0 aromatic carbocycles. The minimum atomic E-state index is 0.597. The fraction of sp³-hybridized carbons (Fsp3) is 0.800. The number of nitrogens with two attached hydrogens (primary N) is 2. The quantitative estimate of drug-likeness (QED) is 0.498. The van der Waals surface area contributed by atoms with Crippen LogP contribution in [0.3, 0.4) is 0 Å². The first-order valence-electron chi connectivity index (χ1n) is 2.60. The second kappa shape index (κ2) is 16.1. The molecule has 0 rings (SSSR count). The van der Waals surface area contributed by atoms with Crippen molar-refractivity contribution >= 4 is 0 Å². The third-order valence-corrected chi connectivity index (χ3v) is 0.325. The molecule has 3 heteroatoms. The molecule has 0 aliphatic heterocycles. The maximum absolute atomic E-state index is 7.62. The lowest BCUT2D eigenvalue weighted by atomic mass is 10.6. The molecular formula is C5H13N3. The molecule has 0 saturated heterocycles. The Morgan fingerprint density at radius 1 is 1.38 bits per heavy atom. The largest absolute Gasteiger partial charge is 0.329 e. The van der Waals surface area contributed by atoms with E-state index in [-0.39, 0.29) is 0 Å². The van der Waals surface area contributed by atoms with Gasteiger partial charge in [-0.3, -0.25) is 0 Å². The Bertz CT molecular complexity index is 53.2. The van der Waals surface area contributed by atoms with Crippen molar-refractivity contribution in [3.8, 4) is 6.07 Å². The highest BCUT2D eigenvalue weighted by atomic mass is 14.6. The highest BCUT2D eigenvalue weighted by molar-refractivity contribution is 4.61. The van der Waals surface area contributed by atoms with Crippen molar-refractivity contribution < 1.29 is 0 Å². The third kappa shape index (κ3) is 52.9. The molecule has 48 valence electrons. The Morgan fingerprint density at radius 3 is 1.62 bits per heavy atom. The standard InChI is InChI=1S/C3H5N.C2H8N2/c1-2-3-4;3-1-2-4/h2H2,1H3;1-4H2. The van der Waals surface area contributed by atoms with Gasteiger partial charge in [0.05, 0.1) is 6.07 Å². The van der Waals surface area contributed by atoms with E-state index in [2.05, 4.69) is 0 Å². The molecule has 0 fully saturated rings. The van der Waals surface area contributed by atoms with Crippen LogP contribution in [-0.2, 0) is 0 Å². The van der Waals surface area contributed by atoms with Crippen LogP contribution in [0.15, 0.2) is 0 Å². The second-order valence-electron chi connectivity index (χ2n) is 1.09. The molecule has 0 aromatic rings. The van der Waals surface area contributed by atoms with Gasteiger partial charge in [-0.15, -0.1) is 0 Å². The summed E-state index contributed by atoms with van der Waals surface area (Å²) in [4.78, 5) is 0. The molecule has 8 heavy (non-hydrogen) atoms. The molecule has 0 radical (unpaired) electrons. The van der Waals surface area contributed by atoms with E-state index >= 15 is 0 Å². The van der Waals surface area contributed by atoms with E-state index < -0.39 is 0 Å². The maximum Gasteiger partial charge on any atom is 0.0618 e. The lowest BCUT2D eigenvalue weighted by Gasteiger charge is -1.72. The summed E-state index contributed by atoms with van der Waals surface area (Å²) in [6.45, 7) is 3.01. The molecule has 0 unspecified atom stereocenters. The van der Waals surface area contributed by atoms with Crippen molar-refractivity contribution in [2.45, 2.75) is 13.3 Å². The van der Waals surface area contributed by atoms with Crippen molar-refractivity contribution in [2.24, 2.45) is 11.5 Å². The van der Waals surface area contributed by atoms with Gasteiger partial charge in [0.2, 0.25) is 0 Å². The molecule has 0 aliphatic rings. The van der Waals surface area contributed by atoms with E-state index in [1.165, 1.54) is 0 Å². The second-order valence-corrected chi connectivity index (χ2v) is 1.09. The number of rotatable bonds is 1. The van der Waals surface area contributed by atoms with Gasteiger partial charge in [-0.25, -0.2) is 0 Å². The SMILES string of the molecule is CCC#N.NCCN. The molecule has 0 amide bonds. The average molecular weight is 115 g/mol. The van der Waals surface area contributed by atoms with Crippen LogP contribution in [0.25, 0.3) is 0 Å². The van der Waals surface area contributed by atoms with Crippen LogP contribution in [0.5, 0.6) is 0 Å². The average Bonchev–Trinajstić information content (AvgIpc) is 1.88. The van der Waals surface area contributed by atoms with E-state index in [4.69, 9.17) is 16.7 Å². The molecule has 0 atom stereocenters. The van der Waals surface area contributed by atoms with E-state index in [9.17, 15) is 0 Å². The maximum atomic E-state index is 7.62. The Hall–Kier alpha value is -0.590. The van der Waals surface area contributed by atoms with Crippen LogP contribution >= 0.6 is 0 Å². The first-order chi connectivity index (χ1) is 3.83. The first kappa shape index (κ1) is 10.4. The third-order valence-electron chi connectivity index (χ3n) is 0.325. The number of nitrogens with zero attached hydrogens (tertiary/aromatic N) is 1. The molecule has 4 N–H and O–H groups in total. The van der Waals surface area contributed by atoms with Crippen molar-refractivity contribution in [3.05, 3.63) is 0 Å². The number of hydrogen-bond acceptors (Lipinski definition) is 3. The van der Waals surface area contributed by atoms with Gasteiger partial charge in [-0.2, -0.15) is 5.26 Å². The molecule has 0 heterocycles. The summed E-state index contributed by atoms with van der Waals surface area (Å²) in [5.41, 5.74) is 9.81. The fourth-order valence-corrected chi connectivity index (χ4v) is 0. The zero-order chi connectivity index (χ0) is 6.83. The van der Waals surface area contributed by atoms with E-state index in [1.807, 2.05) is 13.0 Å². The minimum absolute atomic E-state index is 0.597. The molecule has 0 aromatic heterocycles. The minimum Gasteiger partial charge on any atom is -0.329 e. The van der Waals surface area contributed by atoms with Crippen molar-refractivity contribution in [3.63, 3.8) is 0 Å².